The van der Waals surface area contributed by atoms with Crippen molar-refractivity contribution in [3.05, 3.63) is 84.9 Å². The van der Waals surface area contributed by atoms with E-state index in [1.165, 1.54) is 16.5 Å². The minimum absolute atomic E-state index is 0.167. The van der Waals surface area contributed by atoms with Gasteiger partial charge >= 0.3 is 5.97 Å². The van der Waals surface area contributed by atoms with Crippen LogP contribution in [0.25, 0.3) is 5.65 Å². The highest BCUT2D eigenvalue weighted by Crippen LogP contribution is 2.23. The third-order valence-corrected chi connectivity index (χ3v) is 3.82. The molecular formula is C17H12ClN3O5. The van der Waals surface area contributed by atoms with Crippen molar-refractivity contribution in [2.45, 2.75) is 13.5 Å². The molecule has 1 aromatic carbocycles. The first kappa shape index (κ1) is 17.6. The number of nitro benzene ring substituents is 1. The van der Waals surface area contributed by atoms with Crippen LogP contribution in [0, 0.1) is 17.0 Å². The standard InChI is InChI=1S/C17H12ClN3O5/c1-10-2-5-15-19-12(7-16(22)20(15)8-10)9-26-17(23)13-6-11(18)3-4-14(13)21(24)25/h2-8H,9H2,1H3. The van der Waals surface area contributed by atoms with Crippen molar-refractivity contribution in [2.75, 3.05) is 0 Å². The molecule has 0 aliphatic heterocycles. The molecule has 2 heterocycles. The van der Waals surface area contributed by atoms with Gasteiger partial charge in [-0.15, -0.1) is 0 Å². The van der Waals surface area contributed by atoms with Crippen LogP contribution in [-0.4, -0.2) is 20.3 Å². The monoisotopic (exact) mass is 373 g/mol. The quantitative estimate of drug-likeness (QED) is 0.395. The molecule has 0 aliphatic rings. The Morgan fingerprint density at radius 2 is 2.08 bits per heavy atom. The van der Waals surface area contributed by atoms with Crippen molar-refractivity contribution in [1.82, 2.24) is 9.38 Å². The lowest BCUT2D eigenvalue weighted by atomic mass is 10.2. The van der Waals surface area contributed by atoms with Crippen LogP contribution in [0.1, 0.15) is 21.6 Å². The zero-order chi connectivity index (χ0) is 18.8. The van der Waals surface area contributed by atoms with Gasteiger partial charge in [-0.1, -0.05) is 17.7 Å². The maximum absolute atomic E-state index is 12.2. The Balaban J connectivity index is 1.86. The molecule has 0 saturated heterocycles. The van der Waals surface area contributed by atoms with Gasteiger partial charge in [0.05, 0.1) is 10.6 Å². The number of ether oxygens (including phenoxy) is 1. The number of carbonyl (C=O) groups excluding carboxylic acids is 1. The van der Waals surface area contributed by atoms with Gasteiger partial charge in [0.1, 0.15) is 17.8 Å². The number of pyridine rings is 1. The molecule has 132 valence electrons. The average Bonchev–Trinajstić information content (AvgIpc) is 2.60. The second-order valence-electron chi connectivity index (χ2n) is 5.52. The highest BCUT2D eigenvalue weighted by molar-refractivity contribution is 6.31. The molecule has 0 amide bonds. The van der Waals surface area contributed by atoms with Crippen LogP contribution in [0.3, 0.4) is 0 Å². The summed E-state index contributed by atoms with van der Waals surface area (Å²) in [5, 5.41) is 11.2. The largest absolute Gasteiger partial charge is 0.455 e. The van der Waals surface area contributed by atoms with E-state index in [1.807, 2.05) is 6.92 Å². The number of hydrogen-bond donors (Lipinski definition) is 0. The predicted octanol–water partition coefficient (Wildman–Crippen LogP) is 2.92. The van der Waals surface area contributed by atoms with Gasteiger partial charge in [-0.25, -0.2) is 9.78 Å². The molecule has 0 atom stereocenters. The van der Waals surface area contributed by atoms with E-state index in [2.05, 4.69) is 4.98 Å². The van der Waals surface area contributed by atoms with Crippen molar-refractivity contribution in [3.8, 4) is 0 Å². The molecule has 26 heavy (non-hydrogen) atoms. The van der Waals surface area contributed by atoms with Crippen LogP contribution in [0.15, 0.2) is 47.4 Å². The number of nitro groups is 1. The van der Waals surface area contributed by atoms with E-state index in [9.17, 15) is 19.7 Å². The van der Waals surface area contributed by atoms with E-state index < -0.39 is 16.6 Å². The number of halogens is 1. The summed E-state index contributed by atoms with van der Waals surface area (Å²) in [5.41, 5.74) is 0.532. The molecule has 0 spiro atoms. The van der Waals surface area contributed by atoms with E-state index in [0.29, 0.717) is 5.65 Å². The molecule has 0 N–H and O–H groups in total. The molecule has 2 aromatic heterocycles. The number of fused-ring (bicyclic) bond motifs is 1. The van der Waals surface area contributed by atoms with Gasteiger partial charge in [0.25, 0.3) is 11.2 Å². The van der Waals surface area contributed by atoms with Gasteiger partial charge in [0.15, 0.2) is 0 Å². The molecule has 3 rings (SSSR count). The van der Waals surface area contributed by atoms with E-state index in [1.54, 1.807) is 18.3 Å². The zero-order valence-corrected chi connectivity index (χ0v) is 14.3. The summed E-state index contributed by atoms with van der Waals surface area (Å²) in [5.74, 6) is -0.926. The van der Waals surface area contributed by atoms with Gasteiger partial charge in [-0.2, -0.15) is 0 Å². The molecule has 0 radical (unpaired) electrons. The molecule has 0 saturated carbocycles. The fourth-order valence-corrected chi connectivity index (χ4v) is 2.55. The summed E-state index contributed by atoms with van der Waals surface area (Å²) < 4.78 is 6.45. The van der Waals surface area contributed by atoms with Crippen LogP contribution < -0.4 is 5.56 Å². The normalized spacial score (nSPS) is 10.7. The number of rotatable bonds is 4. The van der Waals surface area contributed by atoms with Crippen molar-refractivity contribution >= 4 is 28.9 Å². The third-order valence-electron chi connectivity index (χ3n) is 3.59. The highest BCUT2D eigenvalue weighted by atomic mass is 35.5. The van der Waals surface area contributed by atoms with Crippen LogP contribution in [0.4, 0.5) is 5.69 Å². The van der Waals surface area contributed by atoms with E-state index in [0.717, 1.165) is 17.7 Å². The number of nitrogens with zero attached hydrogens (tertiary/aromatic N) is 3. The van der Waals surface area contributed by atoms with Gasteiger partial charge in [0, 0.05) is 23.4 Å². The topological polar surface area (TPSA) is 104 Å². The summed E-state index contributed by atoms with van der Waals surface area (Å²) in [7, 11) is 0. The number of hydrogen-bond acceptors (Lipinski definition) is 6. The van der Waals surface area contributed by atoms with Crippen LogP contribution >= 0.6 is 11.6 Å². The lowest BCUT2D eigenvalue weighted by Gasteiger charge is -2.07. The molecule has 0 fully saturated rings. The minimum atomic E-state index is -0.926. The number of carbonyl (C=O) groups is 1. The maximum atomic E-state index is 12.2. The van der Waals surface area contributed by atoms with Crippen molar-refractivity contribution < 1.29 is 14.5 Å². The second kappa shape index (κ2) is 6.93. The Hall–Kier alpha value is -3.26. The van der Waals surface area contributed by atoms with Gasteiger partial charge in [0.2, 0.25) is 0 Å². The molecule has 0 bridgehead atoms. The highest BCUT2D eigenvalue weighted by Gasteiger charge is 2.22. The smallest absolute Gasteiger partial charge is 0.345 e. The van der Waals surface area contributed by atoms with E-state index >= 15 is 0 Å². The van der Waals surface area contributed by atoms with Gasteiger partial charge in [-0.3, -0.25) is 19.3 Å². The fraction of sp³-hybridized carbons (Fsp3) is 0.118. The van der Waals surface area contributed by atoms with E-state index in [4.69, 9.17) is 16.3 Å². The van der Waals surface area contributed by atoms with Gasteiger partial charge < -0.3 is 4.74 Å². The average molecular weight is 374 g/mol. The SMILES string of the molecule is Cc1ccc2nc(COC(=O)c3cc(Cl)ccc3[N+](=O)[O-])cc(=O)n2c1. The summed E-state index contributed by atoms with van der Waals surface area (Å²) in [6.45, 7) is 1.54. The number of aromatic nitrogens is 2. The van der Waals surface area contributed by atoms with Crippen LogP contribution in [-0.2, 0) is 11.3 Å². The Morgan fingerprint density at radius 1 is 1.31 bits per heavy atom. The molecule has 8 nitrogen and oxygen atoms in total. The molecule has 0 aliphatic carbocycles. The molecular weight excluding hydrogens is 362 g/mol. The lowest BCUT2D eigenvalue weighted by Crippen LogP contribution is -2.17. The summed E-state index contributed by atoms with van der Waals surface area (Å²) in [6, 6.07) is 8.31. The lowest BCUT2D eigenvalue weighted by molar-refractivity contribution is -0.385. The Kier molecular flexibility index (Phi) is 4.68. The third kappa shape index (κ3) is 3.55. The Bertz CT molecular complexity index is 1090. The molecule has 9 heteroatoms. The first-order valence-corrected chi connectivity index (χ1v) is 7.83. The Morgan fingerprint density at radius 3 is 2.81 bits per heavy atom. The Labute approximate surface area is 151 Å². The summed E-state index contributed by atoms with van der Waals surface area (Å²) in [6.07, 6.45) is 1.65. The first-order valence-electron chi connectivity index (χ1n) is 7.45. The van der Waals surface area contributed by atoms with Crippen molar-refractivity contribution in [3.63, 3.8) is 0 Å². The number of esters is 1. The predicted molar refractivity (Wildman–Crippen MR) is 93.4 cm³/mol. The zero-order valence-electron chi connectivity index (χ0n) is 13.5. The van der Waals surface area contributed by atoms with E-state index in [-0.39, 0.29) is 28.4 Å². The first-order chi connectivity index (χ1) is 12.3. The minimum Gasteiger partial charge on any atom is -0.455 e. The van der Waals surface area contributed by atoms with Gasteiger partial charge in [-0.05, 0) is 30.7 Å². The number of aryl methyl sites for hydroxylation is 1. The second-order valence-corrected chi connectivity index (χ2v) is 5.95. The van der Waals surface area contributed by atoms with Crippen LogP contribution in [0.5, 0.6) is 0 Å². The number of benzene rings is 1. The van der Waals surface area contributed by atoms with Crippen molar-refractivity contribution in [1.29, 1.82) is 0 Å². The fourth-order valence-electron chi connectivity index (χ4n) is 2.38. The molecule has 3 aromatic rings. The summed E-state index contributed by atoms with van der Waals surface area (Å²) in [4.78, 5) is 38.9. The molecule has 0 unspecified atom stereocenters. The van der Waals surface area contributed by atoms with Crippen LogP contribution in [0.2, 0.25) is 5.02 Å². The van der Waals surface area contributed by atoms with Crippen molar-refractivity contribution in [2.24, 2.45) is 0 Å². The summed E-state index contributed by atoms with van der Waals surface area (Å²) >= 11 is 5.79. The maximum Gasteiger partial charge on any atom is 0.345 e.